The second kappa shape index (κ2) is 8.34. The van der Waals surface area contributed by atoms with Crippen LogP contribution in [0.25, 0.3) is 16.7 Å². The minimum atomic E-state index is -3.80. The molecule has 0 spiro atoms. The Morgan fingerprint density at radius 2 is 1.84 bits per heavy atom. The zero-order valence-electron chi connectivity index (χ0n) is 15.8. The molecule has 4 aromatic rings. The highest BCUT2D eigenvalue weighted by atomic mass is 32.2. The molecule has 0 fully saturated rings. The van der Waals surface area contributed by atoms with E-state index in [-0.39, 0.29) is 27.3 Å². The third-order valence-corrected chi connectivity index (χ3v) is 6.03. The van der Waals surface area contributed by atoms with Crippen LogP contribution in [0.4, 0.5) is 5.69 Å². The Bertz CT molecular complexity index is 1410. The molecular weight excluding hydrogens is 440 g/mol. The summed E-state index contributed by atoms with van der Waals surface area (Å²) in [5.74, 6) is -0.377. The van der Waals surface area contributed by atoms with Gasteiger partial charge in [0.1, 0.15) is 5.39 Å². The van der Waals surface area contributed by atoms with Crippen molar-refractivity contribution in [1.29, 1.82) is 0 Å². The van der Waals surface area contributed by atoms with Gasteiger partial charge in [-0.05, 0) is 36.4 Å². The SMILES string of the molecule is NS(=O)(=O)c1ccc(NC(=O)CSc2nc3c(cnn3-c3ccccc3)c(=O)[nH]2)cc1. The lowest BCUT2D eigenvalue weighted by Gasteiger charge is -2.06. The summed E-state index contributed by atoms with van der Waals surface area (Å²) in [6.45, 7) is 0. The largest absolute Gasteiger partial charge is 0.325 e. The molecule has 2 aromatic carbocycles. The fourth-order valence-electron chi connectivity index (χ4n) is 2.78. The van der Waals surface area contributed by atoms with E-state index in [1.165, 1.54) is 30.5 Å². The Labute approximate surface area is 180 Å². The van der Waals surface area contributed by atoms with Gasteiger partial charge in [0, 0.05) is 5.69 Å². The highest BCUT2D eigenvalue weighted by Gasteiger charge is 2.13. The van der Waals surface area contributed by atoms with Crippen LogP contribution in [0.3, 0.4) is 0 Å². The number of thioether (sulfide) groups is 1. The molecule has 0 saturated heterocycles. The number of nitrogens with one attached hydrogen (secondary N) is 2. The average molecular weight is 457 g/mol. The van der Waals surface area contributed by atoms with E-state index in [1.807, 2.05) is 30.3 Å². The van der Waals surface area contributed by atoms with E-state index in [2.05, 4.69) is 20.4 Å². The third kappa shape index (κ3) is 4.66. The standard InChI is InChI=1S/C19H16N6O4S2/c20-31(28,29)14-8-6-12(7-9-14)22-16(26)11-30-19-23-17-15(18(27)24-19)10-21-25(17)13-4-2-1-3-5-13/h1-10H,11H2,(H,22,26)(H2,20,28,29)(H,23,24,27). The number of hydrogen-bond acceptors (Lipinski definition) is 7. The number of aromatic nitrogens is 4. The summed E-state index contributed by atoms with van der Waals surface area (Å²) in [6.07, 6.45) is 1.44. The van der Waals surface area contributed by atoms with Crippen LogP contribution in [0.2, 0.25) is 0 Å². The van der Waals surface area contributed by atoms with Crippen molar-refractivity contribution in [3.05, 3.63) is 71.1 Å². The number of primary sulfonamides is 1. The van der Waals surface area contributed by atoms with Gasteiger partial charge in [-0.15, -0.1) is 0 Å². The molecule has 0 aliphatic carbocycles. The minimum Gasteiger partial charge on any atom is -0.325 e. The molecule has 0 radical (unpaired) electrons. The fraction of sp³-hybridized carbons (Fsp3) is 0.0526. The van der Waals surface area contributed by atoms with Crippen molar-refractivity contribution in [3.8, 4) is 5.69 Å². The molecule has 0 unspecified atom stereocenters. The van der Waals surface area contributed by atoms with E-state index in [0.717, 1.165) is 17.4 Å². The van der Waals surface area contributed by atoms with Crippen LogP contribution in [-0.2, 0) is 14.8 Å². The first-order valence-electron chi connectivity index (χ1n) is 8.90. The zero-order valence-corrected chi connectivity index (χ0v) is 17.5. The topological polar surface area (TPSA) is 153 Å². The number of amides is 1. The Balaban J connectivity index is 1.49. The van der Waals surface area contributed by atoms with E-state index >= 15 is 0 Å². The van der Waals surface area contributed by atoms with Crippen LogP contribution in [0, 0.1) is 0 Å². The van der Waals surface area contributed by atoms with Crippen molar-refractivity contribution >= 4 is 44.4 Å². The van der Waals surface area contributed by atoms with Crippen LogP contribution in [0.1, 0.15) is 0 Å². The maximum Gasteiger partial charge on any atom is 0.262 e. The van der Waals surface area contributed by atoms with Gasteiger partial charge < -0.3 is 10.3 Å². The van der Waals surface area contributed by atoms with Crippen LogP contribution >= 0.6 is 11.8 Å². The van der Waals surface area contributed by atoms with Crippen molar-refractivity contribution in [2.75, 3.05) is 11.1 Å². The van der Waals surface area contributed by atoms with E-state index in [0.29, 0.717) is 16.7 Å². The summed E-state index contributed by atoms with van der Waals surface area (Å²) in [7, 11) is -3.80. The highest BCUT2D eigenvalue weighted by Crippen LogP contribution is 2.18. The lowest BCUT2D eigenvalue weighted by Crippen LogP contribution is -2.16. The van der Waals surface area contributed by atoms with Gasteiger partial charge >= 0.3 is 0 Å². The summed E-state index contributed by atoms with van der Waals surface area (Å²) >= 11 is 1.06. The summed E-state index contributed by atoms with van der Waals surface area (Å²) in [4.78, 5) is 31.6. The molecule has 0 saturated carbocycles. The first kappa shape index (κ1) is 20.8. The van der Waals surface area contributed by atoms with Gasteiger partial charge in [0.25, 0.3) is 5.56 Å². The molecule has 0 aliphatic heterocycles. The summed E-state index contributed by atoms with van der Waals surface area (Å²) in [5, 5.41) is 12.5. The van der Waals surface area contributed by atoms with Gasteiger partial charge in [0.15, 0.2) is 10.8 Å². The summed E-state index contributed by atoms with van der Waals surface area (Å²) in [6, 6.07) is 14.7. The normalized spacial score (nSPS) is 11.5. The number of nitrogens with zero attached hydrogens (tertiary/aromatic N) is 3. The van der Waals surface area contributed by atoms with Crippen LogP contribution in [0.5, 0.6) is 0 Å². The first-order valence-corrected chi connectivity index (χ1v) is 11.4. The molecule has 0 bridgehead atoms. The van der Waals surface area contributed by atoms with Crippen molar-refractivity contribution in [1.82, 2.24) is 19.7 Å². The molecule has 0 atom stereocenters. The Hall–Kier alpha value is -3.48. The van der Waals surface area contributed by atoms with Gasteiger partial charge in [-0.3, -0.25) is 9.59 Å². The number of nitrogens with two attached hydrogens (primary N) is 1. The van der Waals surface area contributed by atoms with Crippen molar-refractivity contribution in [3.63, 3.8) is 0 Å². The van der Waals surface area contributed by atoms with Gasteiger partial charge in [0.05, 0.1) is 22.5 Å². The number of benzene rings is 2. The molecule has 158 valence electrons. The fourth-order valence-corrected chi connectivity index (χ4v) is 3.96. The third-order valence-electron chi connectivity index (χ3n) is 4.22. The molecule has 31 heavy (non-hydrogen) atoms. The Morgan fingerprint density at radius 1 is 1.13 bits per heavy atom. The summed E-state index contributed by atoms with van der Waals surface area (Å²) < 4.78 is 24.1. The number of anilines is 1. The molecule has 10 nitrogen and oxygen atoms in total. The number of carbonyl (C=O) groups is 1. The predicted octanol–water partition coefficient (Wildman–Crippen LogP) is 1.49. The maximum absolute atomic E-state index is 12.4. The lowest BCUT2D eigenvalue weighted by molar-refractivity contribution is -0.113. The number of aromatic amines is 1. The quantitative estimate of drug-likeness (QED) is 0.293. The van der Waals surface area contributed by atoms with Gasteiger partial charge in [0.2, 0.25) is 15.9 Å². The van der Waals surface area contributed by atoms with E-state index < -0.39 is 10.0 Å². The van der Waals surface area contributed by atoms with E-state index in [4.69, 9.17) is 5.14 Å². The molecule has 2 aromatic heterocycles. The molecule has 1 amide bonds. The number of para-hydroxylation sites is 1. The number of H-pyrrole nitrogens is 1. The van der Waals surface area contributed by atoms with Crippen LogP contribution in [-0.4, -0.2) is 39.8 Å². The number of carbonyl (C=O) groups excluding carboxylic acids is 1. The lowest BCUT2D eigenvalue weighted by atomic mass is 10.3. The monoisotopic (exact) mass is 456 g/mol. The smallest absolute Gasteiger partial charge is 0.262 e. The predicted molar refractivity (Wildman–Crippen MR) is 117 cm³/mol. The van der Waals surface area contributed by atoms with Crippen molar-refractivity contribution in [2.24, 2.45) is 5.14 Å². The molecule has 0 aliphatic rings. The van der Waals surface area contributed by atoms with Crippen LogP contribution in [0.15, 0.2) is 75.6 Å². The second-order valence-corrected chi connectivity index (χ2v) is 8.93. The molecule has 12 heteroatoms. The van der Waals surface area contributed by atoms with E-state index in [1.54, 1.807) is 4.68 Å². The van der Waals surface area contributed by atoms with Gasteiger partial charge in [-0.1, -0.05) is 30.0 Å². The average Bonchev–Trinajstić information content (AvgIpc) is 3.17. The highest BCUT2D eigenvalue weighted by molar-refractivity contribution is 7.99. The second-order valence-electron chi connectivity index (χ2n) is 6.41. The number of hydrogen-bond donors (Lipinski definition) is 3. The Morgan fingerprint density at radius 3 is 2.52 bits per heavy atom. The Kier molecular flexibility index (Phi) is 5.59. The molecule has 2 heterocycles. The van der Waals surface area contributed by atoms with Gasteiger partial charge in [-0.2, -0.15) is 5.10 Å². The number of rotatable bonds is 6. The minimum absolute atomic E-state index is 0.0230. The van der Waals surface area contributed by atoms with Gasteiger partial charge in [-0.25, -0.2) is 23.2 Å². The zero-order chi connectivity index (χ0) is 22.0. The molecule has 4 N–H and O–H groups in total. The maximum atomic E-state index is 12.4. The van der Waals surface area contributed by atoms with E-state index in [9.17, 15) is 18.0 Å². The molecule has 4 rings (SSSR count). The molecular formula is C19H16N6O4S2. The number of fused-ring (bicyclic) bond motifs is 1. The first-order chi connectivity index (χ1) is 14.8. The van der Waals surface area contributed by atoms with Crippen molar-refractivity contribution < 1.29 is 13.2 Å². The van der Waals surface area contributed by atoms with Crippen molar-refractivity contribution in [2.45, 2.75) is 10.1 Å². The number of sulfonamides is 1. The van der Waals surface area contributed by atoms with Crippen LogP contribution < -0.4 is 16.0 Å². The summed E-state index contributed by atoms with van der Waals surface area (Å²) in [5.41, 5.74) is 1.20.